The summed E-state index contributed by atoms with van der Waals surface area (Å²) in [6.07, 6.45) is 4.35. The number of nitrogens with two attached hydrogens (primary N) is 1. The molecule has 2 unspecified atom stereocenters. The van der Waals surface area contributed by atoms with Crippen LogP contribution in [0.5, 0.6) is 0 Å². The lowest BCUT2D eigenvalue weighted by molar-refractivity contribution is 0.437. The molecule has 0 saturated carbocycles. The van der Waals surface area contributed by atoms with Gasteiger partial charge < -0.3 is 5.73 Å². The fourth-order valence-electron chi connectivity index (χ4n) is 2.58. The first kappa shape index (κ1) is 14.2. The van der Waals surface area contributed by atoms with E-state index in [0.717, 1.165) is 12.8 Å². The SMILES string of the molecule is CCCC(C)n1nc(CC)c(C(C)N)c1CC. The minimum atomic E-state index is 0.0856. The summed E-state index contributed by atoms with van der Waals surface area (Å²) in [5.41, 5.74) is 9.89. The molecular weight excluding hydrogens is 210 g/mol. The molecule has 1 aromatic rings. The third-order valence-corrected chi connectivity index (χ3v) is 3.38. The van der Waals surface area contributed by atoms with Crippen molar-refractivity contribution >= 4 is 0 Å². The van der Waals surface area contributed by atoms with E-state index in [9.17, 15) is 0 Å². The van der Waals surface area contributed by atoms with Crippen LogP contribution in [0.1, 0.15) is 76.5 Å². The number of aryl methyl sites for hydroxylation is 1. The molecule has 0 amide bonds. The highest BCUT2D eigenvalue weighted by atomic mass is 15.3. The van der Waals surface area contributed by atoms with Gasteiger partial charge in [-0.15, -0.1) is 0 Å². The molecule has 0 aromatic carbocycles. The summed E-state index contributed by atoms with van der Waals surface area (Å²) in [5.74, 6) is 0. The summed E-state index contributed by atoms with van der Waals surface area (Å²) in [7, 11) is 0. The van der Waals surface area contributed by atoms with E-state index < -0.39 is 0 Å². The summed E-state index contributed by atoms with van der Waals surface area (Å²) in [6, 6.07) is 0.565. The van der Waals surface area contributed by atoms with Crippen molar-refractivity contribution in [3.8, 4) is 0 Å². The summed E-state index contributed by atoms with van der Waals surface area (Å²) < 4.78 is 2.21. The van der Waals surface area contributed by atoms with Crippen LogP contribution in [0, 0.1) is 0 Å². The van der Waals surface area contributed by atoms with Crippen molar-refractivity contribution in [2.24, 2.45) is 5.73 Å². The second kappa shape index (κ2) is 6.20. The van der Waals surface area contributed by atoms with Gasteiger partial charge in [-0.1, -0.05) is 27.2 Å². The second-order valence-corrected chi connectivity index (χ2v) is 4.89. The Morgan fingerprint density at radius 2 is 1.82 bits per heavy atom. The first-order chi connectivity index (χ1) is 8.06. The quantitative estimate of drug-likeness (QED) is 0.824. The maximum Gasteiger partial charge on any atom is 0.0672 e. The summed E-state index contributed by atoms with van der Waals surface area (Å²) >= 11 is 0. The molecule has 1 heterocycles. The molecule has 1 rings (SSSR count). The molecule has 3 nitrogen and oxygen atoms in total. The minimum Gasteiger partial charge on any atom is -0.324 e. The Labute approximate surface area is 105 Å². The van der Waals surface area contributed by atoms with Crippen LogP contribution in [0.25, 0.3) is 0 Å². The van der Waals surface area contributed by atoms with Gasteiger partial charge in [0.15, 0.2) is 0 Å². The number of hydrogen-bond acceptors (Lipinski definition) is 2. The smallest absolute Gasteiger partial charge is 0.0672 e. The first-order valence-corrected chi connectivity index (χ1v) is 6.92. The Bertz CT molecular complexity index is 353. The van der Waals surface area contributed by atoms with Crippen molar-refractivity contribution < 1.29 is 0 Å². The molecule has 0 aliphatic rings. The minimum absolute atomic E-state index is 0.0856. The van der Waals surface area contributed by atoms with E-state index >= 15 is 0 Å². The molecule has 0 saturated heterocycles. The van der Waals surface area contributed by atoms with Gasteiger partial charge in [0.05, 0.1) is 5.69 Å². The van der Waals surface area contributed by atoms with E-state index in [1.165, 1.54) is 29.8 Å². The van der Waals surface area contributed by atoms with Gasteiger partial charge >= 0.3 is 0 Å². The van der Waals surface area contributed by atoms with E-state index in [1.807, 2.05) is 0 Å². The monoisotopic (exact) mass is 237 g/mol. The predicted molar refractivity (Wildman–Crippen MR) is 73.2 cm³/mol. The maximum atomic E-state index is 6.10. The average molecular weight is 237 g/mol. The molecule has 0 bridgehead atoms. The Morgan fingerprint density at radius 3 is 2.24 bits per heavy atom. The van der Waals surface area contributed by atoms with Gasteiger partial charge in [0.25, 0.3) is 0 Å². The molecular formula is C14H27N3. The molecule has 17 heavy (non-hydrogen) atoms. The Morgan fingerprint density at radius 1 is 1.18 bits per heavy atom. The molecule has 2 N–H and O–H groups in total. The zero-order valence-electron chi connectivity index (χ0n) is 12.0. The zero-order valence-corrected chi connectivity index (χ0v) is 12.0. The van der Waals surface area contributed by atoms with Crippen LogP contribution in [-0.4, -0.2) is 9.78 Å². The molecule has 0 aliphatic heterocycles. The van der Waals surface area contributed by atoms with Crippen LogP contribution >= 0.6 is 0 Å². The zero-order chi connectivity index (χ0) is 13.0. The van der Waals surface area contributed by atoms with Gasteiger partial charge in [-0.25, -0.2) is 0 Å². The number of rotatable bonds is 6. The summed E-state index contributed by atoms with van der Waals surface area (Å²) in [6.45, 7) is 10.9. The van der Waals surface area contributed by atoms with Gasteiger partial charge in [-0.05, 0) is 33.1 Å². The molecule has 0 radical (unpaired) electrons. The van der Waals surface area contributed by atoms with Crippen LogP contribution in [0.15, 0.2) is 0 Å². The van der Waals surface area contributed by atoms with Crippen molar-refractivity contribution in [3.63, 3.8) is 0 Å². The molecule has 1 aromatic heterocycles. The Balaban J connectivity index is 3.22. The highest BCUT2D eigenvalue weighted by Gasteiger charge is 2.20. The molecule has 3 heteroatoms. The van der Waals surface area contributed by atoms with E-state index in [-0.39, 0.29) is 6.04 Å². The van der Waals surface area contributed by atoms with Crippen molar-refractivity contribution in [2.75, 3.05) is 0 Å². The molecule has 98 valence electrons. The van der Waals surface area contributed by atoms with Gasteiger partial charge in [0.2, 0.25) is 0 Å². The van der Waals surface area contributed by atoms with Crippen LogP contribution in [-0.2, 0) is 12.8 Å². The van der Waals surface area contributed by atoms with Crippen molar-refractivity contribution in [3.05, 3.63) is 17.0 Å². The van der Waals surface area contributed by atoms with Gasteiger partial charge in [0, 0.05) is 23.3 Å². The van der Waals surface area contributed by atoms with Crippen molar-refractivity contribution in [1.82, 2.24) is 9.78 Å². The lowest BCUT2D eigenvalue weighted by atomic mass is 10.0. The fraction of sp³-hybridized carbons (Fsp3) is 0.786. The van der Waals surface area contributed by atoms with Crippen molar-refractivity contribution in [2.45, 2.75) is 72.4 Å². The number of nitrogens with zero attached hydrogens (tertiary/aromatic N) is 2. The number of hydrogen-bond donors (Lipinski definition) is 1. The Kier molecular flexibility index (Phi) is 5.19. The highest BCUT2D eigenvalue weighted by Crippen LogP contribution is 2.26. The van der Waals surface area contributed by atoms with E-state index in [4.69, 9.17) is 10.8 Å². The molecule has 0 fully saturated rings. The third kappa shape index (κ3) is 2.89. The lowest BCUT2D eigenvalue weighted by Crippen LogP contribution is -2.13. The summed E-state index contributed by atoms with van der Waals surface area (Å²) in [4.78, 5) is 0. The number of aromatic nitrogens is 2. The maximum absolute atomic E-state index is 6.10. The lowest BCUT2D eigenvalue weighted by Gasteiger charge is -2.15. The van der Waals surface area contributed by atoms with Crippen LogP contribution < -0.4 is 5.73 Å². The second-order valence-electron chi connectivity index (χ2n) is 4.89. The summed E-state index contributed by atoms with van der Waals surface area (Å²) in [5, 5.41) is 4.78. The van der Waals surface area contributed by atoms with E-state index in [0.29, 0.717) is 6.04 Å². The largest absolute Gasteiger partial charge is 0.324 e. The molecule has 2 atom stereocenters. The van der Waals surface area contributed by atoms with Crippen LogP contribution in [0.4, 0.5) is 0 Å². The van der Waals surface area contributed by atoms with Gasteiger partial charge in [0.1, 0.15) is 0 Å². The normalized spacial score (nSPS) is 14.9. The van der Waals surface area contributed by atoms with E-state index in [2.05, 4.69) is 39.3 Å². The van der Waals surface area contributed by atoms with Gasteiger partial charge in [-0.2, -0.15) is 5.10 Å². The van der Waals surface area contributed by atoms with Gasteiger partial charge in [-0.3, -0.25) is 4.68 Å². The Hall–Kier alpha value is -0.830. The van der Waals surface area contributed by atoms with Crippen LogP contribution in [0.3, 0.4) is 0 Å². The third-order valence-electron chi connectivity index (χ3n) is 3.38. The van der Waals surface area contributed by atoms with Crippen molar-refractivity contribution in [1.29, 1.82) is 0 Å². The van der Waals surface area contributed by atoms with Crippen LogP contribution in [0.2, 0.25) is 0 Å². The predicted octanol–water partition coefficient (Wildman–Crippen LogP) is 3.39. The molecule has 0 spiro atoms. The standard InChI is InChI=1S/C14H27N3/c1-6-9-10(4)17-13(8-3)14(11(5)15)12(7-2)16-17/h10-11H,6-9,15H2,1-5H3. The topological polar surface area (TPSA) is 43.8 Å². The molecule has 0 aliphatic carbocycles. The fourth-order valence-corrected chi connectivity index (χ4v) is 2.58. The van der Waals surface area contributed by atoms with E-state index in [1.54, 1.807) is 0 Å². The first-order valence-electron chi connectivity index (χ1n) is 6.92. The average Bonchev–Trinajstić information content (AvgIpc) is 2.67. The highest BCUT2D eigenvalue weighted by molar-refractivity contribution is 5.30.